The molecule has 0 radical (unpaired) electrons. The van der Waals surface area contributed by atoms with Crippen molar-refractivity contribution in [1.82, 2.24) is 0 Å². The zero-order valence-electron chi connectivity index (χ0n) is 13.3. The molecule has 22 heavy (non-hydrogen) atoms. The first kappa shape index (κ1) is 13.5. The molecule has 1 heteroatoms. The first-order chi connectivity index (χ1) is 10.8. The van der Waals surface area contributed by atoms with Crippen LogP contribution in [-0.2, 0) is 12.0 Å². The van der Waals surface area contributed by atoms with Crippen molar-refractivity contribution in [3.05, 3.63) is 66.2 Å². The predicted molar refractivity (Wildman–Crippen MR) is 91.8 cm³/mol. The Bertz CT molecular complexity index is 843. The van der Waals surface area contributed by atoms with E-state index >= 15 is 0 Å². The minimum Gasteiger partial charge on any atom is -0.186 e. The van der Waals surface area contributed by atoms with E-state index in [1.54, 1.807) is 0 Å². The standard InChI is InChI=1S/C21H22N/c1-3-21(4-2)15-17-10-5-7-11-18(17)20-14-13-16-9-6-8-12-19(16)22(20)21/h5-14H,3-4,15H2,1-2H3/q+1. The summed E-state index contributed by atoms with van der Waals surface area (Å²) in [5.41, 5.74) is 5.79. The van der Waals surface area contributed by atoms with Gasteiger partial charge < -0.3 is 0 Å². The summed E-state index contributed by atoms with van der Waals surface area (Å²) >= 11 is 0. The number of fused-ring (bicyclic) bond motifs is 5. The van der Waals surface area contributed by atoms with Crippen molar-refractivity contribution < 1.29 is 4.57 Å². The Morgan fingerprint density at radius 1 is 0.864 bits per heavy atom. The Morgan fingerprint density at radius 3 is 2.41 bits per heavy atom. The van der Waals surface area contributed by atoms with E-state index < -0.39 is 0 Å². The molecule has 1 aromatic heterocycles. The Balaban J connectivity index is 2.15. The highest BCUT2D eigenvalue weighted by Gasteiger charge is 2.44. The molecule has 0 saturated carbocycles. The maximum absolute atomic E-state index is 2.62. The van der Waals surface area contributed by atoms with E-state index in [9.17, 15) is 0 Å². The van der Waals surface area contributed by atoms with Gasteiger partial charge in [0.25, 0.3) is 0 Å². The lowest BCUT2D eigenvalue weighted by Gasteiger charge is -2.33. The molecular formula is C21H22N+. The van der Waals surface area contributed by atoms with Crippen LogP contribution in [0.3, 0.4) is 0 Å². The summed E-state index contributed by atoms with van der Waals surface area (Å²) in [6.45, 7) is 4.66. The molecule has 2 heterocycles. The predicted octanol–water partition coefficient (Wildman–Crippen LogP) is 4.87. The molecule has 0 bridgehead atoms. The van der Waals surface area contributed by atoms with E-state index in [4.69, 9.17) is 0 Å². The fourth-order valence-electron chi connectivity index (χ4n) is 4.10. The molecule has 2 aromatic carbocycles. The summed E-state index contributed by atoms with van der Waals surface area (Å²) < 4.78 is 2.62. The maximum Gasteiger partial charge on any atom is 0.213 e. The van der Waals surface area contributed by atoms with E-state index in [2.05, 4.69) is 79.1 Å². The van der Waals surface area contributed by atoms with Crippen molar-refractivity contribution in [2.24, 2.45) is 0 Å². The number of benzene rings is 2. The van der Waals surface area contributed by atoms with Crippen molar-refractivity contribution in [1.29, 1.82) is 0 Å². The number of pyridine rings is 1. The average molecular weight is 288 g/mol. The largest absolute Gasteiger partial charge is 0.213 e. The molecule has 4 rings (SSSR count). The van der Waals surface area contributed by atoms with Crippen LogP contribution < -0.4 is 4.57 Å². The summed E-state index contributed by atoms with van der Waals surface area (Å²) in [7, 11) is 0. The summed E-state index contributed by atoms with van der Waals surface area (Å²) in [5, 5.41) is 1.33. The van der Waals surface area contributed by atoms with Crippen molar-refractivity contribution in [3.63, 3.8) is 0 Å². The van der Waals surface area contributed by atoms with Gasteiger partial charge in [0, 0.05) is 42.3 Å². The Labute approximate surface area is 132 Å². The van der Waals surface area contributed by atoms with Crippen molar-refractivity contribution >= 4 is 10.9 Å². The monoisotopic (exact) mass is 288 g/mol. The van der Waals surface area contributed by atoms with Crippen molar-refractivity contribution in [2.75, 3.05) is 0 Å². The van der Waals surface area contributed by atoms with Crippen LogP contribution in [0.15, 0.2) is 60.7 Å². The van der Waals surface area contributed by atoms with Crippen LogP contribution in [-0.4, -0.2) is 0 Å². The lowest BCUT2D eigenvalue weighted by Crippen LogP contribution is -2.60. The fraction of sp³-hybridized carbons (Fsp3) is 0.286. The third-order valence-corrected chi connectivity index (χ3v) is 5.44. The average Bonchev–Trinajstić information content (AvgIpc) is 2.60. The normalized spacial score (nSPS) is 15.4. The molecule has 1 aliphatic heterocycles. The van der Waals surface area contributed by atoms with Crippen LogP contribution in [0.25, 0.3) is 22.2 Å². The van der Waals surface area contributed by atoms with E-state index in [1.807, 2.05) is 0 Å². The molecule has 110 valence electrons. The van der Waals surface area contributed by atoms with E-state index in [0.717, 1.165) is 19.3 Å². The van der Waals surface area contributed by atoms with Gasteiger partial charge in [-0.25, -0.2) is 0 Å². The second-order valence-corrected chi connectivity index (χ2v) is 6.38. The van der Waals surface area contributed by atoms with Gasteiger partial charge >= 0.3 is 0 Å². The summed E-state index contributed by atoms with van der Waals surface area (Å²) in [4.78, 5) is 0. The highest BCUT2D eigenvalue weighted by Crippen LogP contribution is 2.37. The Kier molecular flexibility index (Phi) is 3.04. The third kappa shape index (κ3) is 1.75. The van der Waals surface area contributed by atoms with Gasteiger partial charge in [-0.3, -0.25) is 0 Å². The minimum absolute atomic E-state index is 0.185. The second kappa shape index (κ2) is 4.95. The molecule has 1 nitrogen and oxygen atoms in total. The van der Waals surface area contributed by atoms with Crippen LogP contribution in [0.4, 0.5) is 0 Å². The molecule has 0 spiro atoms. The van der Waals surface area contributed by atoms with Gasteiger partial charge in [0.15, 0.2) is 5.54 Å². The molecule has 0 fully saturated rings. The van der Waals surface area contributed by atoms with E-state index in [0.29, 0.717) is 0 Å². The van der Waals surface area contributed by atoms with Gasteiger partial charge in [-0.15, -0.1) is 0 Å². The van der Waals surface area contributed by atoms with Crippen LogP contribution in [0.2, 0.25) is 0 Å². The number of para-hydroxylation sites is 1. The van der Waals surface area contributed by atoms with Gasteiger partial charge in [0.2, 0.25) is 11.2 Å². The summed E-state index contributed by atoms with van der Waals surface area (Å²) in [6, 6.07) is 22.2. The molecule has 0 aliphatic carbocycles. The van der Waals surface area contributed by atoms with Gasteiger partial charge in [0.1, 0.15) is 0 Å². The first-order valence-corrected chi connectivity index (χ1v) is 8.31. The summed E-state index contributed by atoms with van der Waals surface area (Å²) in [6.07, 6.45) is 3.44. The number of rotatable bonds is 2. The first-order valence-electron chi connectivity index (χ1n) is 8.31. The third-order valence-electron chi connectivity index (χ3n) is 5.44. The van der Waals surface area contributed by atoms with Crippen molar-refractivity contribution in [3.8, 4) is 11.3 Å². The number of aromatic nitrogens is 1. The number of hydrogen-bond donors (Lipinski definition) is 0. The highest BCUT2D eigenvalue weighted by molar-refractivity contribution is 5.78. The van der Waals surface area contributed by atoms with Crippen molar-refractivity contribution in [2.45, 2.75) is 38.6 Å². The highest BCUT2D eigenvalue weighted by atomic mass is 15.1. The number of hydrogen-bond acceptors (Lipinski definition) is 0. The van der Waals surface area contributed by atoms with E-state index in [-0.39, 0.29) is 5.54 Å². The molecule has 0 N–H and O–H groups in total. The molecule has 0 amide bonds. The zero-order valence-corrected chi connectivity index (χ0v) is 13.3. The molecule has 3 aromatic rings. The van der Waals surface area contributed by atoms with Crippen LogP contribution in [0.5, 0.6) is 0 Å². The lowest BCUT2D eigenvalue weighted by molar-refractivity contribution is -0.735. The van der Waals surface area contributed by atoms with Gasteiger partial charge in [-0.2, -0.15) is 4.57 Å². The van der Waals surface area contributed by atoms with Crippen LogP contribution >= 0.6 is 0 Å². The Morgan fingerprint density at radius 2 is 1.59 bits per heavy atom. The Hall–Kier alpha value is -2.15. The van der Waals surface area contributed by atoms with Gasteiger partial charge in [0.05, 0.1) is 0 Å². The van der Waals surface area contributed by atoms with Crippen LogP contribution in [0.1, 0.15) is 32.3 Å². The minimum atomic E-state index is 0.185. The fourth-order valence-corrected chi connectivity index (χ4v) is 4.10. The second-order valence-electron chi connectivity index (χ2n) is 6.38. The lowest BCUT2D eigenvalue weighted by atomic mass is 9.79. The molecule has 1 aliphatic rings. The van der Waals surface area contributed by atoms with E-state index in [1.165, 1.54) is 27.7 Å². The van der Waals surface area contributed by atoms with Crippen LogP contribution in [0, 0.1) is 0 Å². The smallest absolute Gasteiger partial charge is 0.186 e. The van der Waals surface area contributed by atoms with Gasteiger partial charge in [-0.1, -0.05) is 44.2 Å². The SMILES string of the molecule is CCC1(CC)Cc2ccccc2-c2ccc3ccccc3[n+]21. The topological polar surface area (TPSA) is 3.88 Å². The molecule has 0 saturated heterocycles. The molecular weight excluding hydrogens is 266 g/mol. The summed E-state index contributed by atoms with van der Waals surface area (Å²) in [5.74, 6) is 0. The maximum atomic E-state index is 2.62. The number of nitrogens with zero attached hydrogens (tertiary/aromatic N) is 1. The zero-order chi connectivity index (χ0) is 15.2. The quantitative estimate of drug-likeness (QED) is 0.593. The molecule has 0 unspecified atom stereocenters. The molecule has 0 atom stereocenters. The van der Waals surface area contributed by atoms with Gasteiger partial charge in [-0.05, 0) is 23.8 Å².